The molecule has 0 saturated heterocycles. The Labute approximate surface area is 135 Å². The molecule has 2 rings (SSSR count). The molecule has 2 nitrogen and oxygen atoms in total. The van der Waals surface area contributed by atoms with Gasteiger partial charge in [-0.25, -0.2) is 0 Å². The largest absolute Gasteiger partial charge is 0.457 e. The molecule has 0 fully saturated rings. The van der Waals surface area contributed by atoms with Crippen molar-refractivity contribution in [2.45, 2.75) is 27.3 Å². The van der Waals surface area contributed by atoms with Crippen LogP contribution in [0.1, 0.15) is 25.0 Å². The summed E-state index contributed by atoms with van der Waals surface area (Å²) >= 11 is 3.63. The van der Waals surface area contributed by atoms with E-state index in [0.29, 0.717) is 5.92 Å². The quantitative estimate of drug-likeness (QED) is 0.765. The molecule has 0 aromatic heterocycles. The molecule has 0 heterocycles. The second kappa shape index (κ2) is 7.62. The fourth-order valence-electron chi connectivity index (χ4n) is 2.03. The fraction of sp³-hybridized carbons (Fsp3) is 0.333. The van der Waals surface area contributed by atoms with Gasteiger partial charge in [-0.1, -0.05) is 54.0 Å². The first kappa shape index (κ1) is 16.1. The molecule has 0 aliphatic carbocycles. The third kappa shape index (κ3) is 4.87. The maximum atomic E-state index is 5.94. The van der Waals surface area contributed by atoms with Crippen LogP contribution in [0.15, 0.2) is 46.9 Å². The van der Waals surface area contributed by atoms with Crippen molar-refractivity contribution in [1.29, 1.82) is 0 Å². The van der Waals surface area contributed by atoms with Crippen LogP contribution in [-0.4, -0.2) is 6.54 Å². The Hall–Kier alpha value is -1.32. The smallest absolute Gasteiger partial charge is 0.130 e. The van der Waals surface area contributed by atoms with Gasteiger partial charge >= 0.3 is 0 Å². The van der Waals surface area contributed by atoms with Crippen LogP contribution in [-0.2, 0) is 6.54 Å². The molecule has 0 aliphatic heterocycles. The molecule has 0 aliphatic rings. The Morgan fingerprint density at radius 1 is 1.14 bits per heavy atom. The summed E-state index contributed by atoms with van der Waals surface area (Å²) in [5, 5.41) is 3.45. The number of para-hydroxylation sites is 1. The molecule has 0 radical (unpaired) electrons. The molecular weight excluding hydrogens is 326 g/mol. The topological polar surface area (TPSA) is 21.3 Å². The third-order valence-corrected chi connectivity index (χ3v) is 3.95. The highest BCUT2D eigenvalue weighted by Gasteiger charge is 2.05. The highest BCUT2D eigenvalue weighted by atomic mass is 79.9. The standard InChI is InChI=1S/C18H22BrNO/c1-13(2)11-20-12-15-8-9-16(10-17(15)19)21-18-7-5-4-6-14(18)3/h4-10,13,20H,11-12H2,1-3H3. The highest BCUT2D eigenvalue weighted by molar-refractivity contribution is 9.10. The van der Waals surface area contributed by atoms with Crippen LogP contribution in [0.25, 0.3) is 0 Å². The number of aryl methyl sites for hydroxylation is 1. The third-order valence-electron chi connectivity index (χ3n) is 3.21. The van der Waals surface area contributed by atoms with Crippen LogP contribution >= 0.6 is 15.9 Å². The molecular formula is C18H22BrNO. The summed E-state index contributed by atoms with van der Waals surface area (Å²) in [4.78, 5) is 0. The molecule has 1 N–H and O–H groups in total. The zero-order valence-electron chi connectivity index (χ0n) is 12.8. The lowest BCUT2D eigenvalue weighted by Gasteiger charge is -2.12. The van der Waals surface area contributed by atoms with Crippen molar-refractivity contribution in [3.05, 3.63) is 58.1 Å². The van der Waals surface area contributed by atoms with E-state index in [4.69, 9.17) is 4.74 Å². The zero-order chi connectivity index (χ0) is 15.2. The monoisotopic (exact) mass is 347 g/mol. The first-order chi connectivity index (χ1) is 10.1. The molecule has 0 bridgehead atoms. The molecule has 2 aromatic rings. The highest BCUT2D eigenvalue weighted by Crippen LogP contribution is 2.28. The van der Waals surface area contributed by atoms with Gasteiger partial charge in [-0.05, 0) is 48.7 Å². The lowest BCUT2D eigenvalue weighted by molar-refractivity contribution is 0.478. The van der Waals surface area contributed by atoms with Crippen molar-refractivity contribution in [2.24, 2.45) is 5.92 Å². The van der Waals surface area contributed by atoms with E-state index in [1.54, 1.807) is 0 Å². The average Bonchev–Trinajstić information content (AvgIpc) is 2.43. The summed E-state index contributed by atoms with van der Waals surface area (Å²) in [6.07, 6.45) is 0. The number of rotatable bonds is 6. The molecule has 3 heteroatoms. The van der Waals surface area contributed by atoms with E-state index >= 15 is 0 Å². The summed E-state index contributed by atoms with van der Waals surface area (Å²) in [6, 6.07) is 14.2. The van der Waals surface area contributed by atoms with Crippen LogP contribution in [0.4, 0.5) is 0 Å². The van der Waals surface area contributed by atoms with Gasteiger partial charge in [0.1, 0.15) is 11.5 Å². The van der Waals surface area contributed by atoms with E-state index in [0.717, 1.165) is 34.6 Å². The molecule has 2 aromatic carbocycles. The van der Waals surface area contributed by atoms with Gasteiger partial charge in [-0.2, -0.15) is 0 Å². The number of ether oxygens (including phenoxy) is 1. The van der Waals surface area contributed by atoms with Gasteiger partial charge in [0.15, 0.2) is 0 Å². The SMILES string of the molecule is Cc1ccccc1Oc1ccc(CNCC(C)C)c(Br)c1. The second-order valence-electron chi connectivity index (χ2n) is 5.65. The van der Waals surface area contributed by atoms with Gasteiger partial charge in [0.25, 0.3) is 0 Å². The Balaban J connectivity index is 2.03. The predicted molar refractivity (Wildman–Crippen MR) is 91.9 cm³/mol. The van der Waals surface area contributed by atoms with Crippen LogP contribution in [0.2, 0.25) is 0 Å². The summed E-state index contributed by atoms with van der Waals surface area (Å²) in [5.41, 5.74) is 2.38. The van der Waals surface area contributed by atoms with Gasteiger partial charge in [0, 0.05) is 11.0 Å². The fourth-order valence-corrected chi connectivity index (χ4v) is 2.53. The first-order valence-electron chi connectivity index (χ1n) is 7.29. The van der Waals surface area contributed by atoms with Gasteiger partial charge in [-0.3, -0.25) is 0 Å². The molecule has 21 heavy (non-hydrogen) atoms. The normalized spacial score (nSPS) is 10.9. The summed E-state index contributed by atoms with van der Waals surface area (Å²) in [7, 11) is 0. The molecule has 0 amide bonds. The molecule has 112 valence electrons. The maximum absolute atomic E-state index is 5.94. The van der Waals surface area contributed by atoms with Crippen molar-refractivity contribution in [3.63, 3.8) is 0 Å². The van der Waals surface area contributed by atoms with E-state index in [1.165, 1.54) is 5.56 Å². The van der Waals surface area contributed by atoms with Gasteiger partial charge in [0.2, 0.25) is 0 Å². The van der Waals surface area contributed by atoms with Crippen LogP contribution in [0.3, 0.4) is 0 Å². The minimum absolute atomic E-state index is 0.660. The number of nitrogens with one attached hydrogen (secondary N) is 1. The van der Waals surface area contributed by atoms with E-state index in [9.17, 15) is 0 Å². The van der Waals surface area contributed by atoms with Gasteiger partial charge < -0.3 is 10.1 Å². The minimum Gasteiger partial charge on any atom is -0.457 e. The number of hydrogen-bond acceptors (Lipinski definition) is 2. The predicted octanol–water partition coefficient (Wildman–Crippen LogP) is 5.30. The van der Waals surface area contributed by atoms with Crippen LogP contribution in [0, 0.1) is 12.8 Å². The van der Waals surface area contributed by atoms with Crippen LogP contribution < -0.4 is 10.1 Å². The molecule has 0 atom stereocenters. The van der Waals surface area contributed by atoms with Crippen molar-refractivity contribution < 1.29 is 4.74 Å². The Bertz CT molecular complexity index is 596. The van der Waals surface area contributed by atoms with Crippen molar-refractivity contribution in [2.75, 3.05) is 6.54 Å². The van der Waals surface area contributed by atoms with Crippen molar-refractivity contribution >= 4 is 15.9 Å². The van der Waals surface area contributed by atoms with Crippen molar-refractivity contribution in [1.82, 2.24) is 5.32 Å². The summed E-state index contributed by atoms with van der Waals surface area (Å²) < 4.78 is 7.01. The Kier molecular flexibility index (Phi) is 5.83. The zero-order valence-corrected chi connectivity index (χ0v) is 14.4. The number of hydrogen-bond donors (Lipinski definition) is 1. The lowest BCUT2D eigenvalue weighted by Crippen LogP contribution is -2.19. The van der Waals surface area contributed by atoms with E-state index < -0.39 is 0 Å². The number of benzene rings is 2. The summed E-state index contributed by atoms with van der Waals surface area (Å²) in [6.45, 7) is 8.36. The second-order valence-corrected chi connectivity index (χ2v) is 6.50. The summed E-state index contributed by atoms with van der Waals surface area (Å²) in [5.74, 6) is 2.41. The maximum Gasteiger partial charge on any atom is 0.130 e. The van der Waals surface area contributed by atoms with E-state index in [-0.39, 0.29) is 0 Å². The van der Waals surface area contributed by atoms with E-state index in [2.05, 4.69) is 54.2 Å². The molecule has 0 saturated carbocycles. The van der Waals surface area contributed by atoms with E-state index in [1.807, 2.05) is 30.3 Å². The molecule has 0 unspecified atom stereocenters. The minimum atomic E-state index is 0.660. The van der Waals surface area contributed by atoms with Gasteiger partial charge in [0.05, 0.1) is 0 Å². The van der Waals surface area contributed by atoms with Crippen molar-refractivity contribution in [3.8, 4) is 11.5 Å². The number of halogens is 1. The Morgan fingerprint density at radius 2 is 1.90 bits per heavy atom. The molecule has 0 spiro atoms. The average molecular weight is 348 g/mol. The van der Waals surface area contributed by atoms with Gasteiger partial charge in [-0.15, -0.1) is 0 Å². The Morgan fingerprint density at radius 3 is 2.57 bits per heavy atom. The first-order valence-corrected chi connectivity index (χ1v) is 8.08. The lowest BCUT2D eigenvalue weighted by atomic mass is 10.2. The van der Waals surface area contributed by atoms with Crippen LogP contribution in [0.5, 0.6) is 11.5 Å².